The molecular weight excluding hydrogens is 476 g/mol. The Hall–Kier alpha value is -3.31. The standard InChI is InChI=1S/C24H28N2O8S/c1-5-32-21-11-15-9-10-26(19(14-23(27)31-4)17(15)13-22(21)33-6-2)35(29,30)16-7-8-18-20(12-16)34-24(28)25(18)3/h7-8,11-13,19H,5-6,9-10,14H2,1-4H3/t19-/m1/s1. The van der Waals surface area contributed by atoms with E-state index in [-0.39, 0.29) is 23.4 Å². The van der Waals surface area contributed by atoms with Crippen molar-refractivity contribution in [1.82, 2.24) is 8.87 Å². The van der Waals surface area contributed by atoms with Crippen LogP contribution < -0.4 is 15.2 Å². The van der Waals surface area contributed by atoms with Gasteiger partial charge in [-0.15, -0.1) is 0 Å². The number of esters is 1. The molecule has 10 nitrogen and oxygen atoms in total. The van der Waals surface area contributed by atoms with Crippen molar-refractivity contribution in [3.05, 3.63) is 52.0 Å². The van der Waals surface area contributed by atoms with Gasteiger partial charge >= 0.3 is 11.7 Å². The number of oxazole rings is 1. The third kappa shape index (κ3) is 4.53. The number of nitrogens with zero attached hydrogens (tertiary/aromatic N) is 2. The van der Waals surface area contributed by atoms with Crippen molar-refractivity contribution in [2.45, 2.75) is 37.6 Å². The number of methoxy groups -OCH3 is 1. The zero-order valence-corrected chi connectivity index (χ0v) is 20.9. The summed E-state index contributed by atoms with van der Waals surface area (Å²) >= 11 is 0. The van der Waals surface area contributed by atoms with Gasteiger partial charge in [-0.3, -0.25) is 9.36 Å². The molecule has 0 amide bonds. The SMILES string of the molecule is CCOc1cc2c(cc1OCC)[C@@H](CC(=O)OC)N(S(=O)(=O)c1ccc3c(c1)oc(=O)n3C)CC2. The largest absolute Gasteiger partial charge is 0.490 e. The first-order chi connectivity index (χ1) is 16.7. The maximum atomic E-state index is 13.8. The molecule has 188 valence electrons. The third-order valence-corrected chi connectivity index (χ3v) is 7.98. The van der Waals surface area contributed by atoms with Crippen LogP contribution in [0.25, 0.3) is 11.1 Å². The van der Waals surface area contributed by atoms with Crippen LogP contribution in [0.5, 0.6) is 11.5 Å². The number of fused-ring (bicyclic) bond motifs is 2. The lowest BCUT2D eigenvalue weighted by Crippen LogP contribution is -2.41. The summed E-state index contributed by atoms with van der Waals surface area (Å²) in [5.41, 5.74) is 2.18. The molecule has 0 bridgehead atoms. The van der Waals surface area contributed by atoms with E-state index >= 15 is 0 Å². The van der Waals surface area contributed by atoms with Gasteiger partial charge in [0.25, 0.3) is 0 Å². The number of sulfonamides is 1. The quantitative estimate of drug-likeness (QED) is 0.430. The number of benzene rings is 2. The molecule has 0 aliphatic carbocycles. The minimum atomic E-state index is -4.07. The highest BCUT2D eigenvalue weighted by atomic mass is 32.2. The van der Waals surface area contributed by atoms with E-state index in [0.717, 1.165) is 5.56 Å². The van der Waals surface area contributed by atoms with Gasteiger partial charge < -0.3 is 18.6 Å². The van der Waals surface area contributed by atoms with E-state index in [1.165, 1.54) is 34.2 Å². The smallest absolute Gasteiger partial charge is 0.419 e. The molecule has 0 saturated carbocycles. The van der Waals surface area contributed by atoms with Crippen LogP contribution in [0.15, 0.2) is 44.4 Å². The Morgan fingerprint density at radius 1 is 1.11 bits per heavy atom. The van der Waals surface area contributed by atoms with E-state index in [1.807, 2.05) is 19.9 Å². The second kappa shape index (κ2) is 9.74. The average Bonchev–Trinajstić information content (AvgIpc) is 3.12. The predicted molar refractivity (Wildman–Crippen MR) is 127 cm³/mol. The van der Waals surface area contributed by atoms with Gasteiger partial charge in [0.05, 0.1) is 43.2 Å². The molecule has 0 fully saturated rings. The van der Waals surface area contributed by atoms with Crippen LogP contribution in [-0.2, 0) is 33.0 Å². The second-order valence-electron chi connectivity index (χ2n) is 8.08. The topological polar surface area (TPSA) is 117 Å². The van der Waals surface area contributed by atoms with Crippen molar-refractivity contribution in [1.29, 1.82) is 0 Å². The van der Waals surface area contributed by atoms with E-state index in [4.69, 9.17) is 18.6 Å². The fraction of sp³-hybridized carbons (Fsp3) is 0.417. The second-order valence-corrected chi connectivity index (χ2v) is 9.97. The molecule has 0 spiro atoms. The summed E-state index contributed by atoms with van der Waals surface area (Å²) in [6.07, 6.45) is 0.242. The highest BCUT2D eigenvalue weighted by Crippen LogP contribution is 2.42. The molecule has 3 aromatic rings. The fourth-order valence-corrected chi connectivity index (χ4v) is 5.99. The molecule has 2 heterocycles. The first-order valence-electron chi connectivity index (χ1n) is 11.3. The van der Waals surface area contributed by atoms with Crippen LogP contribution in [0, 0.1) is 0 Å². The van der Waals surface area contributed by atoms with Gasteiger partial charge in [0.2, 0.25) is 10.0 Å². The van der Waals surface area contributed by atoms with Gasteiger partial charge in [-0.25, -0.2) is 13.2 Å². The van der Waals surface area contributed by atoms with Crippen LogP contribution in [0.2, 0.25) is 0 Å². The lowest BCUT2D eigenvalue weighted by atomic mass is 9.91. The maximum Gasteiger partial charge on any atom is 0.419 e. The van der Waals surface area contributed by atoms with Crippen LogP contribution in [0.4, 0.5) is 0 Å². The Balaban J connectivity index is 1.82. The first kappa shape index (κ1) is 24.8. The Morgan fingerprint density at radius 2 is 1.80 bits per heavy atom. The summed E-state index contributed by atoms with van der Waals surface area (Å²) in [7, 11) is -1.26. The number of ether oxygens (including phenoxy) is 3. The van der Waals surface area contributed by atoms with Crippen LogP contribution in [0.1, 0.15) is 37.4 Å². The molecule has 35 heavy (non-hydrogen) atoms. The van der Waals surface area contributed by atoms with Crippen LogP contribution >= 0.6 is 0 Å². The summed E-state index contributed by atoms with van der Waals surface area (Å²) in [6, 6.07) is 7.08. The third-order valence-electron chi connectivity index (χ3n) is 6.07. The van der Waals surface area contributed by atoms with Crippen molar-refractivity contribution in [3.63, 3.8) is 0 Å². The Labute approximate surface area is 203 Å². The summed E-state index contributed by atoms with van der Waals surface area (Å²) in [5, 5.41) is 0. The van der Waals surface area contributed by atoms with Gasteiger partial charge in [0, 0.05) is 19.7 Å². The van der Waals surface area contributed by atoms with Gasteiger partial charge in [-0.2, -0.15) is 4.31 Å². The average molecular weight is 505 g/mol. The molecule has 0 unspecified atom stereocenters. The first-order valence-corrected chi connectivity index (χ1v) is 12.8. The van der Waals surface area contributed by atoms with E-state index in [9.17, 15) is 18.0 Å². The summed E-state index contributed by atoms with van der Waals surface area (Å²) in [5.74, 6) is -0.0709. The lowest BCUT2D eigenvalue weighted by molar-refractivity contribution is -0.141. The minimum absolute atomic E-state index is 0.0337. The van der Waals surface area contributed by atoms with E-state index < -0.39 is 27.8 Å². The molecule has 1 atom stereocenters. The minimum Gasteiger partial charge on any atom is -0.490 e. The Kier molecular flexibility index (Phi) is 6.91. The predicted octanol–water partition coefficient (Wildman–Crippen LogP) is 2.78. The molecule has 4 rings (SSSR count). The zero-order chi connectivity index (χ0) is 25.3. The summed E-state index contributed by atoms with van der Waals surface area (Å²) < 4.78 is 51.7. The molecule has 1 aromatic heterocycles. The van der Waals surface area contributed by atoms with Crippen molar-refractivity contribution < 1.29 is 31.8 Å². The molecule has 0 saturated heterocycles. The molecule has 11 heteroatoms. The molecule has 1 aliphatic heterocycles. The Bertz CT molecular complexity index is 1420. The monoisotopic (exact) mass is 504 g/mol. The molecule has 2 aromatic carbocycles. The van der Waals surface area contributed by atoms with Gasteiger partial charge in [0.15, 0.2) is 17.1 Å². The van der Waals surface area contributed by atoms with Gasteiger partial charge in [0.1, 0.15) is 0 Å². The summed E-state index contributed by atoms with van der Waals surface area (Å²) in [6.45, 7) is 4.70. The normalized spacial score (nSPS) is 16.2. The number of carbonyl (C=O) groups is 1. The number of aromatic nitrogens is 1. The molecular formula is C24H28N2O8S. The van der Waals surface area contributed by atoms with Crippen molar-refractivity contribution in [3.8, 4) is 11.5 Å². The molecule has 0 N–H and O–H groups in total. The Morgan fingerprint density at radius 3 is 2.46 bits per heavy atom. The maximum absolute atomic E-state index is 13.8. The van der Waals surface area contributed by atoms with E-state index in [1.54, 1.807) is 13.1 Å². The highest BCUT2D eigenvalue weighted by molar-refractivity contribution is 7.89. The van der Waals surface area contributed by atoms with Crippen molar-refractivity contribution in [2.24, 2.45) is 7.05 Å². The fourth-order valence-electron chi connectivity index (χ4n) is 4.37. The number of hydrogen-bond acceptors (Lipinski definition) is 8. The highest BCUT2D eigenvalue weighted by Gasteiger charge is 2.39. The van der Waals surface area contributed by atoms with Crippen LogP contribution in [0.3, 0.4) is 0 Å². The van der Waals surface area contributed by atoms with Crippen molar-refractivity contribution >= 4 is 27.1 Å². The number of carbonyl (C=O) groups excluding carboxylic acids is 1. The molecule has 0 radical (unpaired) electrons. The summed E-state index contributed by atoms with van der Waals surface area (Å²) in [4.78, 5) is 24.2. The van der Waals surface area contributed by atoms with Gasteiger partial charge in [-0.1, -0.05) is 0 Å². The zero-order valence-electron chi connectivity index (χ0n) is 20.1. The van der Waals surface area contributed by atoms with Gasteiger partial charge in [-0.05, 0) is 55.7 Å². The van der Waals surface area contributed by atoms with Crippen LogP contribution in [-0.4, -0.2) is 50.1 Å². The van der Waals surface area contributed by atoms with E-state index in [2.05, 4.69) is 0 Å². The molecule has 1 aliphatic rings. The number of rotatable bonds is 8. The van der Waals surface area contributed by atoms with E-state index in [0.29, 0.717) is 42.2 Å². The van der Waals surface area contributed by atoms with Crippen molar-refractivity contribution in [2.75, 3.05) is 26.9 Å². The number of hydrogen-bond donors (Lipinski definition) is 0. The number of aryl methyl sites for hydroxylation is 1. The lowest BCUT2D eigenvalue weighted by Gasteiger charge is -2.36.